The molecule has 0 aromatic heterocycles. The van der Waals surface area contributed by atoms with Crippen LogP contribution in [0, 0.1) is 23.7 Å². The molecule has 176 valence electrons. The second-order valence-corrected chi connectivity index (χ2v) is 11.8. The molecule has 1 heteroatoms. The summed E-state index contributed by atoms with van der Waals surface area (Å²) in [6, 6.07) is 0. The second-order valence-electron chi connectivity index (χ2n) is 11.8. The number of rotatable bonds is 20. The van der Waals surface area contributed by atoms with Crippen molar-refractivity contribution in [3.63, 3.8) is 0 Å². The summed E-state index contributed by atoms with van der Waals surface area (Å²) < 4.78 is 1.44. The highest BCUT2D eigenvalue weighted by Gasteiger charge is 2.26. The SMILES string of the molecule is CC(C)CCCC[N+](CCCCC(C)C)(CCCCC(C)C)CCCCC(C)C. The minimum absolute atomic E-state index is 0.861. The zero-order valence-electron chi connectivity index (χ0n) is 22.1. The first kappa shape index (κ1) is 29.0. The number of quaternary nitrogens is 1. The van der Waals surface area contributed by atoms with Crippen LogP contribution in [0.1, 0.15) is 132 Å². The molecule has 0 aliphatic rings. The van der Waals surface area contributed by atoms with Crippen molar-refractivity contribution < 1.29 is 4.48 Å². The maximum atomic E-state index is 2.38. The fourth-order valence-corrected chi connectivity index (χ4v) is 4.67. The molecule has 0 aliphatic heterocycles. The van der Waals surface area contributed by atoms with Gasteiger partial charge in [0.25, 0.3) is 0 Å². The second kappa shape index (κ2) is 17.6. The van der Waals surface area contributed by atoms with Crippen molar-refractivity contribution in [2.75, 3.05) is 26.2 Å². The highest BCUT2D eigenvalue weighted by atomic mass is 15.3. The summed E-state index contributed by atoms with van der Waals surface area (Å²) in [6.45, 7) is 24.8. The quantitative estimate of drug-likeness (QED) is 0.139. The Kier molecular flexibility index (Phi) is 17.6. The van der Waals surface area contributed by atoms with Crippen LogP contribution in [-0.4, -0.2) is 30.7 Å². The van der Waals surface area contributed by atoms with Gasteiger partial charge in [-0.25, -0.2) is 0 Å². The van der Waals surface area contributed by atoms with E-state index in [0.717, 1.165) is 23.7 Å². The van der Waals surface area contributed by atoms with Gasteiger partial charge in [-0.2, -0.15) is 0 Å². The third-order valence-corrected chi connectivity index (χ3v) is 6.66. The fraction of sp³-hybridized carbons (Fsp3) is 1.00. The van der Waals surface area contributed by atoms with Crippen molar-refractivity contribution in [1.29, 1.82) is 0 Å². The molecule has 0 aromatic rings. The van der Waals surface area contributed by atoms with Crippen LogP contribution >= 0.6 is 0 Å². The van der Waals surface area contributed by atoms with Crippen LogP contribution in [0.5, 0.6) is 0 Å². The van der Waals surface area contributed by atoms with E-state index in [0.29, 0.717) is 0 Å². The first-order valence-electron chi connectivity index (χ1n) is 13.5. The average molecular weight is 411 g/mol. The Bertz CT molecular complexity index is 273. The molecule has 0 N–H and O–H groups in total. The van der Waals surface area contributed by atoms with E-state index in [1.54, 1.807) is 0 Å². The van der Waals surface area contributed by atoms with Crippen molar-refractivity contribution in [3.8, 4) is 0 Å². The Balaban J connectivity index is 4.86. The molecule has 0 atom stereocenters. The molecule has 0 radical (unpaired) electrons. The minimum Gasteiger partial charge on any atom is -0.324 e. The smallest absolute Gasteiger partial charge is 0.0786 e. The number of hydrogen-bond donors (Lipinski definition) is 0. The van der Waals surface area contributed by atoms with Crippen LogP contribution < -0.4 is 0 Å². The van der Waals surface area contributed by atoms with Crippen molar-refractivity contribution in [2.45, 2.75) is 132 Å². The molecule has 29 heavy (non-hydrogen) atoms. The zero-order chi connectivity index (χ0) is 22.1. The van der Waals surface area contributed by atoms with Crippen LogP contribution in [0.3, 0.4) is 0 Å². The molecular weight excluding hydrogens is 350 g/mol. The first-order chi connectivity index (χ1) is 13.7. The van der Waals surface area contributed by atoms with Crippen LogP contribution in [0.15, 0.2) is 0 Å². The van der Waals surface area contributed by atoms with Gasteiger partial charge < -0.3 is 4.48 Å². The van der Waals surface area contributed by atoms with Gasteiger partial charge in [0.2, 0.25) is 0 Å². The molecule has 0 fully saturated rings. The maximum absolute atomic E-state index is 2.38. The number of hydrogen-bond acceptors (Lipinski definition) is 0. The van der Waals surface area contributed by atoms with Crippen LogP contribution in [0.2, 0.25) is 0 Å². The Hall–Kier alpha value is -0.0400. The molecule has 0 aromatic carbocycles. The molecule has 0 heterocycles. The molecular formula is C28H60N+. The van der Waals surface area contributed by atoms with Gasteiger partial charge in [0.15, 0.2) is 0 Å². The van der Waals surface area contributed by atoms with Gasteiger partial charge in [-0.05, 0) is 75.0 Å². The zero-order valence-corrected chi connectivity index (χ0v) is 22.1. The lowest BCUT2D eigenvalue weighted by molar-refractivity contribution is -0.929. The van der Waals surface area contributed by atoms with Crippen molar-refractivity contribution >= 4 is 0 Å². The van der Waals surface area contributed by atoms with E-state index < -0.39 is 0 Å². The first-order valence-corrected chi connectivity index (χ1v) is 13.5. The summed E-state index contributed by atoms with van der Waals surface area (Å²) in [5, 5.41) is 0. The summed E-state index contributed by atoms with van der Waals surface area (Å²) in [5.41, 5.74) is 0. The molecule has 0 spiro atoms. The fourth-order valence-electron chi connectivity index (χ4n) is 4.67. The normalized spacial score (nSPS) is 12.8. The van der Waals surface area contributed by atoms with E-state index in [9.17, 15) is 0 Å². The lowest BCUT2D eigenvalue weighted by Crippen LogP contribution is -2.50. The molecule has 0 aliphatic carbocycles. The largest absolute Gasteiger partial charge is 0.324 e. The molecule has 0 saturated carbocycles. The summed E-state index contributed by atoms with van der Waals surface area (Å²) in [5.74, 6) is 3.44. The van der Waals surface area contributed by atoms with Gasteiger partial charge in [-0.15, -0.1) is 0 Å². The van der Waals surface area contributed by atoms with E-state index in [1.165, 1.54) is 108 Å². The third kappa shape index (κ3) is 18.4. The number of unbranched alkanes of at least 4 members (excludes halogenated alkanes) is 4. The average Bonchev–Trinajstić information content (AvgIpc) is 2.62. The summed E-state index contributed by atoms with van der Waals surface area (Å²) in [4.78, 5) is 0. The minimum atomic E-state index is 0.861. The Morgan fingerprint density at radius 2 is 0.552 bits per heavy atom. The van der Waals surface area contributed by atoms with Crippen LogP contribution in [-0.2, 0) is 0 Å². The predicted octanol–water partition coefficient (Wildman–Crippen LogP) is 9.11. The lowest BCUT2D eigenvalue weighted by Gasteiger charge is -2.40. The Morgan fingerprint density at radius 1 is 0.345 bits per heavy atom. The maximum Gasteiger partial charge on any atom is 0.0786 e. The van der Waals surface area contributed by atoms with E-state index in [1.807, 2.05) is 0 Å². The summed E-state index contributed by atoms with van der Waals surface area (Å²) in [6.07, 6.45) is 17.1. The van der Waals surface area contributed by atoms with Gasteiger partial charge in [-0.1, -0.05) is 81.1 Å². The standard InChI is InChI=1S/C28H60N/c1-25(2)17-9-13-21-29(22-14-10-18-26(3)4,23-15-11-19-27(5)6)24-16-12-20-28(7)8/h25-28H,9-24H2,1-8H3/q+1. The van der Waals surface area contributed by atoms with Crippen LogP contribution in [0.25, 0.3) is 0 Å². The van der Waals surface area contributed by atoms with Gasteiger partial charge in [0.05, 0.1) is 26.2 Å². The monoisotopic (exact) mass is 410 g/mol. The van der Waals surface area contributed by atoms with Crippen LogP contribution in [0.4, 0.5) is 0 Å². The Labute approximate surface area is 187 Å². The highest BCUT2D eigenvalue weighted by Crippen LogP contribution is 2.21. The molecule has 0 bridgehead atoms. The van der Waals surface area contributed by atoms with E-state index in [4.69, 9.17) is 0 Å². The molecule has 0 unspecified atom stereocenters. The Morgan fingerprint density at radius 3 is 0.724 bits per heavy atom. The van der Waals surface area contributed by atoms with E-state index >= 15 is 0 Å². The molecule has 1 nitrogen and oxygen atoms in total. The lowest BCUT2D eigenvalue weighted by atomic mass is 10.0. The molecule has 0 saturated heterocycles. The van der Waals surface area contributed by atoms with E-state index in [2.05, 4.69) is 55.4 Å². The number of nitrogens with zero attached hydrogens (tertiary/aromatic N) is 1. The van der Waals surface area contributed by atoms with Gasteiger partial charge in [0, 0.05) is 0 Å². The van der Waals surface area contributed by atoms with Crippen molar-refractivity contribution in [3.05, 3.63) is 0 Å². The van der Waals surface area contributed by atoms with Crippen molar-refractivity contribution in [1.82, 2.24) is 0 Å². The third-order valence-electron chi connectivity index (χ3n) is 6.66. The van der Waals surface area contributed by atoms with Gasteiger partial charge >= 0.3 is 0 Å². The predicted molar refractivity (Wildman–Crippen MR) is 134 cm³/mol. The van der Waals surface area contributed by atoms with Crippen molar-refractivity contribution in [2.24, 2.45) is 23.7 Å². The highest BCUT2D eigenvalue weighted by molar-refractivity contribution is 4.56. The topological polar surface area (TPSA) is 0 Å². The van der Waals surface area contributed by atoms with Gasteiger partial charge in [-0.3, -0.25) is 0 Å². The van der Waals surface area contributed by atoms with Gasteiger partial charge in [0.1, 0.15) is 0 Å². The molecule has 0 amide bonds. The summed E-state index contributed by atoms with van der Waals surface area (Å²) >= 11 is 0. The summed E-state index contributed by atoms with van der Waals surface area (Å²) in [7, 11) is 0. The van der Waals surface area contributed by atoms with E-state index in [-0.39, 0.29) is 0 Å². The molecule has 0 rings (SSSR count).